The highest BCUT2D eigenvalue weighted by atomic mass is 79.9. The molecule has 0 heterocycles. The third-order valence-corrected chi connectivity index (χ3v) is 1.67. The van der Waals surface area contributed by atoms with Gasteiger partial charge in [0, 0.05) is 19.5 Å². The van der Waals surface area contributed by atoms with E-state index in [1.165, 1.54) is 7.11 Å². The number of ether oxygens (including phenoxy) is 2. The van der Waals surface area contributed by atoms with Gasteiger partial charge in [-0.25, -0.2) is 0 Å². The van der Waals surface area contributed by atoms with E-state index < -0.39 is 0 Å². The van der Waals surface area contributed by atoms with E-state index in [-0.39, 0.29) is 11.6 Å². The van der Waals surface area contributed by atoms with Gasteiger partial charge in [0.2, 0.25) is 0 Å². The topological polar surface area (TPSA) is 38.7 Å². The lowest BCUT2D eigenvalue weighted by Gasteiger charge is -1.98. The molecule has 0 bridgehead atoms. The molecule has 0 aromatic carbocycles. The predicted octanol–water partition coefficient (Wildman–Crippen LogP) is 1.37. The number of hydrogen-bond donors (Lipinski definition) is 1. The minimum absolute atomic E-state index is 0.0243. The Morgan fingerprint density at radius 3 is 2.00 bits per heavy atom. The summed E-state index contributed by atoms with van der Waals surface area (Å²) < 4.78 is 9.21. The first-order valence-electron chi connectivity index (χ1n) is 3.05. The average molecular weight is 294 g/mol. The monoisotopic (exact) mass is 292 g/mol. The molecule has 0 spiro atoms. The normalized spacial score (nSPS) is 11.7. The van der Waals surface area contributed by atoms with Crippen molar-refractivity contribution in [3.8, 4) is 0 Å². The Hall–Kier alpha value is 0.840. The second kappa shape index (κ2) is 13.4. The molecule has 0 aromatic heterocycles. The predicted molar refractivity (Wildman–Crippen MR) is 52.5 cm³/mol. The van der Waals surface area contributed by atoms with Crippen LogP contribution in [0.25, 0.3) is 0 Å². The SMILES string of the molecule is COC(Br)CO.COCCBr. The Labute approximate surface area is 84.3 Å². The molecular weight excluding hydrogens is 280 g/mol. The summed E-state index contributed by atoms with van der Waals surface area (Å²) in [5.74, 6) is 0. The summed E-state index contributed by atoms with van der Waals surface area (Å²) in [6, 6.07) is 0. The lowest BCUT2D eigenvalue weighted by atomic mass is 10.8. The van der Waals surface area contributed by atoms with Crippen molar-refractivity contribution in [3.05, 3.63) is 0 Å². The fourth-order valence-electron chi connectivity index (χ4n) is 0.152. The van der Waals surface area contributed by atoms with Gasteiger partial charge in [-0.3, -0.25) is 0 Å². The first-order valence-corrected chi connectivity index (χ1v) is 5.09. The number of halogens is 2. The van der Waals surface area contributed by atoms with Crippen molar-refractivity contribution in [2.45, 2.75) is 5.01 Å². The number of aliphatic hydroxyl groups excluding tert-OH is 1. The minimum Gasteiger partial charge on any atom is -0.393 e. The lowest BCUT2D eigenvalue weighted by molar-refractivity contribution is 0.115. The molecule has 0 aliphatic carbocycles. The van der Waals surface area contributed by atoms with Gasteiger partial charge in [0.05, 0.1) is 13.2 Å². The molecule has 11 heavy (non-hydrogen) atoms. The van der Waals surface area contributed by atoms with Crippen molar-refractivity contribution in [2.75, 3.05) is 32.8 Å². The Balaban J connectivity index is 0. The number of aliphatic hydroxyl groups is 1. The third kappa shape index (κ3) is 18.1. The van der Waals surface area contributed by atoms with E-state index in [1.807, 2.05) is 0 Å². The summed E-state index contributed by atoms with van der Waals surface area (Å²) in [5.41, 5.74) is 0. The maximum absolute atomic E-state index is 8.16. The van der Waals surface area contributed by atoms with Crippen LogP contribution in [0, 0.1) is 0 Å². The molecule has 5 heteroatoms. The molecule has 1 N–H and O–H groups in total. The van der Waals surface area contributed by atoms with Crippen LogP contribution in [0.2, 0.25) is 0 Å². The minimum atomic E-state index is -0.197. The standard InChI is InChI=1S/C3H7BrO2.C3H7BrO/c1-6-3(4)2-5;1-5-3-2-4/h3,5H,2H2,1H3;2-3H2,1H3. The van der Waals surface area contributed by atoms with E-state index >= 15 is 0 Å². The zero-order valence-electron chi connectivity index (χ0n) is 6.72. The molecule has 0 radical (unpaired) electrons. The van der Waals surface area contributed by atoms with Gasteiger partial charge in [0.25, 0.3) is 0 Å². The average Bonchev–Trinajstić information content (AvgIpc) is 2.06. The Kier molecular flexibility index (Phi) is 17.5. The highest BCUT2D eigenvalue weighted by Gasteiger charge is 1.92. The molecule has 0 fully saturated rings. The molecule has 1 unspecified atom stereocenters. The Morgan fingerprint density at radius 1 is 1.45 bits per heavy atom. The molecule has 0 aliphatic heterocycles. The maximum atomic E-state index is 8.16. The zero-order chi connectivity index (χ0) is 9.11. The van der Waals surface area contributed by atoms with Crippen LogP contribution in [0.4, 0.5) is 0 Å². The number of alkyl halides is 2. The van der Waals surface area contributed by atoms with Crippen molar-refractivity contribution < 1.29 is 14.6 Å². The van der Waals surface area contributed by atoms with Crippen LogP contribution in [0.15, 0.2) is 0 Å². The molecule has 1 atom stereocenters. The van der Waals surface area contributed by atoms with Crippen molar-refractivity contribution in [3.63, 3.8) is 0 Å². The van der Waals surface area contributed by atoms with Gasteiger partial charge < -0.3 is 14.6 Å². The van der Waals surface area contributed by atoms with Crippen LogP contribution in [0.3, 0.4) is 0 Å². The third-order valence-electron chi connectivity index (χ3n) is 0.681. The Morgan fingerprint density at radius 2 is 2.00 bits per heavy atom. The fourth-order valence-corrected chi connectivity index (χ4v) is 0.475. The van der Waals surface area contributed by atoms with Crippen LogP contribution in [-0.4, -0.2) is 42.9 Å². The second-order valence-corrected chi connectivity index (χ2v) is 3.32. The van der Waals surface area contributed by atoms with Crippen LogP contribution in [0.5, 0.6) is 0 Å². The quantitative estimate of drug-likeness (QED) is 0.796. The summed E-state index contributed by atoms with van der Waals surface area (Å²) in [7, 11) is 3.21. The zero-order valence-corrected chi connectivity index (χ0v) is 9.89. The number of rotatable bonds is 4. The summed E-state index contributed by atoms with van der Waals surface area (Å²) in [4.78, 5) is 0. The molecular formula is C6H14Br2O3. The second-order valence-electron chi connectivity index (χ2n) is 1.51. The van der Waals surface area contributed by atoms with E-state index in [0.29, 0.717) is 0 Å². The van der Waals surface area contributed by atoms with Crippen LogP contribution in [-0.2, 0) is 9.47 Å². The van der Waals surface area contributed by atoms with Crippen molar-refractivity contribution >= 4 is 31.9 Å². The van der Waals surface area contributed by atoms with Gasteiger partial charge in [-0.05, 0) is 0 Å². The molecule has 3 nitrogen and oxygen atoms in total. The summed E-state index contributed by atoms with van der Waals surface area (Å²) in [6.45, 7) is 0.830. The van der Waals surface area contributed by atoms with Crippen molar-refractivity contribution in [2.24, 2.45) is 0 Å². The smallest absolute Gasteiger partial charge is 0.135 e. The van der Waals surface area contributed by atoms with Gasteiger partial charge in [-0.1, -0.05) is 31.9 Å². The fraction of sp³-hybridized carbons (Fsp3) is 1.00. The first kappa shape index (κ1) is 14.4. The summed E-state index contributed by atoms with van der Waals surface area (Å²) >= 11 is 6.19. The van der Waals surface area contributed by atoms with Gasteiger partial charge in [-0.15, -0.1) is 0 Å². The number of hydrogen-bond acceptors (Lipinski definition) is 3. The molecule has 0 aliphatic rings. The summed E-state index contributed by atoms with van der Waals surface area (Å²) in [6.07, 6.45) is 0. The van der Waals surface area contributed by atoms with E-state index in [9.17, 15) is 0 Å². The van der Waals surface area contributed by atoms with Crippen LogP contribution < -0.4 is 0 Å². The molecule has 0 saturated heterocycles. The Bertz CT molecular complexity index is 57.8. The molecule has 0 aromatic rings. The highest BCUT2D eigenvalue weighted by Crippen LogP contribution is 1.94. The molecule has 70 valence electrons. The van der Waals surface area contributed by atoms with E-state index in [4.69, 9.17) is 5.11 Å². The molecule has 0 rings (SSSR count). The van der Waals surface area contributed by atoms with E-state index in [1.54, 1.807) is 7.11 Å². The van der Waals surface area contributed by atoms with Gasteiger partial charge in [0.1, 0.15) is 5.01 Å². The molecule has 0 amide bonds. The van der Waals surface area contributed by atoms with Gasteiger partial charge >= 0.3 is 0 Å². The number of methoxy groups -OCH3 is 2. The van der Waals surface area contributed by atoms with Crippen LogP contribution in [0.1, 0.15) is 0 Å². The largest absolute Gasteiger partial charge is 0.393 e. The van der Waals surface area contributed by atoms with Gasteiger partial charge in [-0.2, -0.15) is 0 Å². The van der Waals surface area contributed by atoms with Crippen molar-refractivity contribution in [1.82, 2.24) is 0 Å². The van der Waals surface area contributed by atoms with Gasteiger partial charge in [0.15, 0.2) is 0 Å². The molecule has 0 saturated carbocycles. The lowest BCUT2D eigenvalue weighted by Crippen LogP contribution is -2.04. The first-order chi connectivity index (χ1) is 5.22. The highest BCUT2D eigenvalue weighted by molar-refractivity contribution is 9.09. The van der Waals surface area contributed by atoms with Crippen LogP contribution >= 0.6 is 31.9 Å². The van der Waals surface area contributed by atoms with E-state index in [0.717, 1.165) is 11.9 Å². The maximum Gasteiger partial charge on any atom is 0.135 e. The van der Waals surface area contributed by atoms with E-state index in [2.05, 4.69) is 41.3 Å². The summed E-state index contributed by atoms with van der Waals surface area (Å²) in [5, 5.41) is 8.90. The van der Waals surface area contributed by atoms with Crippen molar-refractivity contribution in [1.29, 1.82) is 0 Å².